The summed E-state index contributed by atoms with van der Waals surface area (Å²) >= 11 is 0. The van der Waals surface area contributed by atoms with Gasteiger partial charge < -0.3 is 24.8 Å². The number of hydrogen-bond acceptors (Lipinski definition) is 5. The van der Waals surface area contributed by atoms with Crippen molar-refractivity contribution in [3.8, 4) is 17.2 Å². The van der Waals surface area contributed by atoms with Crippen molar-refractivity contribution in [3.05, 3.63) is 17.7 Å². The summed E-state index contributed by atoms with van der Waals surface area (Å²) in [7, 11) is 6.94. The van der Waals surface area contributed by atoms with Gasteiger partial charge >= 0.3 is 0 Å². The quantitative estimate of drug-likeness (QED) is 0.883. The molecule has 1 saturated heterocycles. The van der Waals surface area contributed by atoms with Gasteiger partial charge in [0.2, 0.25) is 5.75 Å². The molecule has 1 aromatic carbocycles. The van der Waals surface area contributed by atoms with Crippen molar-refractivity contribution in [2.45, 2.75) is 12.0 Å². The Kier molecular flexibility index (Phi) is 4.17. The van der Waals surface area contributed by atoms with Crippen molar-refractivity contribution in [2.75, 3.05) is 41.5 Å². The summed E-state index contributed by atoms with van der Waals surface area (Å²) in [5.41, 5.74) is 7.33. The van der Waals surface area contributed by atoms with E-state index in [2.05, 4.69) is 11.9 Å². The van der Waals surface area contributed by atoms with Crippen LogP contribution < -0.4 is 19.9 Å². The molecule has 106 valence electrons. The maximum absolute atomic E-state index is 6.20. The smallest absolute Gasteiger partial charge is 0.203 e. The van der Waals surface area contributed by atoms with E-state index in [1.165, 1.54) is 0 Å². The van der Waals surface area contributed by atoms with Crippen LogP contribution in [0.4, 0.5) is 0 Å². The van der Waals surface area contributed by atoms with E-state index in [-0.39, 0.29) is 6.04 Å². The molecule has 2 rings (SSSR count). The Morgan fingerprint density at radius 2 is 1.63 bits per heavy atom. The zero-order chi connectivity index (χ0) is 14.0. The highest BCUT2D eigenvalue weighted by Crippen LogP contribution is 2.41. The van der Waals surface area contributed by atoms with Gasteiger partial charge in [-0.2, -0.15) is 0 Å². The first kappa shape index (κ1) is 14.0. The Morgan fingerprint density at radius 3 is 2.00 bits per heavy atom. The molecule has 5 heteroatoms. The number of hydrogen-bond donors (Lipinski definition) is 1. The topological polar surface area (TPSA) is 57.0 Å². The number of ether oxygens (including phenoxy) is 3. The highest BCUT2D eigenvalue weighted by atomic mass is 16.5. The fourth-order valence-corrected chi connectivity index (χ4v) is 2.70. The SMILES string of the molecule is COc1cc(C2CN(C)CC2N)cc(OC)c1OC. The molecule has 2 atom stereocenters. The molecule has 0 saturated carbocycles. The van der Waals surface area contributed by atoms with Gasteiger partial charge in [0.1, 0.15) is 0 Å². The molecule has 1 aromatic rings. The van der Waals surface area contributed by atoms with Crippen molar-refractivity contribution in [2.24, 2.45) is 5.73 Å². The first-order valence-corrected chi connectivity index (χ1v) is 6.34. The molecule has 1 aliphatic rings. The van der Waals surface area contributed by atoms with Gasteiger partial charge in [0.25, 0.3) is 0 Å². The van der Waals surface area contributed by atoms with Gasteiger partial charge in [0, 0.05) is 25.0 Å². The summed E-state index contributed by atoms with van der Waals surface area (Å²) in [4.78, 5) is 2.23. The van der Waals surface area contributed by atoms with Crippen LogP contribution in [0.2, 0.25) is 0 Å². The van der Waals surface area contributed by atoms with Crippen LogP contribution in [0.25, 0.3) is 0 Å². The average molecular weight is 266 g/mol. The van der Waals surface area contributed by atoms with Crippen molar-refractivity contribution in [1.82, 2.24) is 4.90 Å². The third kappa shape index (κ3) is 2.62. The number of nitrogens with two attached hydrogens (primary N) is 1. The lowest BCUT2D eigenvalue weighted by Gasteiger charge is -2.19. The molecule has 0 amide bonds. The molecule has 5 nitrogen and oxygen atoms in total. The molecule has 0 aromatic heterocycles. The Bertz CT molecular complexity index is 425. The fourth-order valence-electron chi connectivity index (χ4n) is 2.70. The largest absolute Gasteiger partial charge is 0.493 e. The summed E-state index contributed by atoms with van der Waals surface area (Å²) in [6, 6.07) is 4.11. The van der Waals surface area contributed by atoms with Crippen LogP contribution >= 0.6 is 0 Å². The lowest BCUT2D eigenvalue weighted by molar-refractivity contribution is 0.323. The van der Waals surface area contributed by atoms with Crippen LogP contribution in [0.1, 0.15) is 11.5 Å². The van der Waals surface area contributed by atoms with Crippen LogP contribution in [-0.4, -0.2) is 52.4 Å². The third-order valence-corrected chi connectivity index (χ3v) is 3.66. The van der Waals surface area contributed by atoms with Crippen LogP contribution in [0.5, 0.6) is 17.2 Å². The summed E-state index contributed by atoms with van der Waals surface area (Å²) in [5.74, 6) is 2.27. The summed E-state index contributed by atoms with van der Waals surface area (Å²) in [5, 5.41) is 0. The van der Waals surface area contributed by atoms with Crippen molar-refractivity contribution >= 4 is 0 Å². The molecule has 1 heterocycles. The van der Waals surface area contributed by atoms with E-state index < -0.39 is 0 Å². The standard InChI is InChI=1S/C14H22N2O3/c1-16-7-10(11(15)8-16)9-5-12(17-2)14(19-4)13(6-9)18-3/h5-6,10-11H,7-8,15H2,1-4H3. The zero-order valence-electron chi connectivity index (χ0n) is 12.0. The van der Waals surface area contributed by atoms with Gasteiger partial charge in [-0.15, -0.1) is 0 Å². The number of likely N-dealkylation sites (N-methyl/N-ethyl adjacent to an activating group) is 1. The summed E-state index contributed by atoms with van der Waals surface area (Å²) < 4.78 is 16.1. The number of benzene rings is 1. The minimum absolute atomic E-state index is 0.132. The zero-order valence-corrected chi connectivity index (χ0v) is 12.0. The van der Waals surface area contributed by atoms with E-state index in [1.807, 2.05) is 12.1 Å². The van der Waals surface area contributed by atoms with Crippen LogP contribution in [0, 0.1) is 0 Å². The predicted octanol–water partition coefficient (Wildman–Crippen LogP) is 1.07. The molecular weight excluding hydrogens is 244 g/mol. The van der Waals surface area contributed by atoms with Gasteiger partial charge in [-0.25, -0.2) is 0 Å². The summed E-state index contributed by atoms with van der Waals surface area (Å²) in [6.45, 7) is 1.85. The van der Waals surface area contributed by atoms with Crippen LogP contribution in [-0.2, 0) is 0 Å². The van der Waals surface area contributed by atoms with E-state index in [0.717, 1.165) is 18.7 Å². The van der Waals surface area contributed by atoms with Gasteiger partial charge in [0.15, 0.2) is 11.5 Å². The molecule has 0 bridgehead atoms. The summed E-state index contributed by atoms with van der Waals surface area (Å²) in [6.07, 6.45) is 0. The van der Waals surface area contributed by atoms with E-state index in [0.29, 0.717) is 23.2 Å². The second kappa shape index (κ2) is 5.67. The minimum Gasteiger partial charge on any atom is -0.493 e. The average Bonchev–Trinajstić information content (AvgIpc) is 2.75. The van der Waals surface area contributed by atoms with E-state index >= 15 is 0 Å². The Morgan fingerprint density at radius 1 is 1.05 bits per heavy atom. The number of likely N-dealkylation sites (tertiary alicyclic amines) is 1. The van der Waals surface area contributed by atoms with Crippen molar-refractivity contribution < 1.29 is 14.2 Å². The first-order valence-electron chi connectivity index (χ1n) is 6.34. The van der Waals surface area contributed by atoms with Gasteiger partial charge in [-0.3, -0.25) is 0 Å². The van der Waals surface area contributed by atoms with Crippen molar-refractivity contribution in [1.29, 1.82) is 0 Å². The Balaban J connectivity index is 2.41. The van der Waals surface area contributed by atoms with E-state index in [9.17, 15) is 0 Å². The Labute approximate surface area is 114 Å². The molecular formula is C14H22N2O3. The van der Waals surface area contributed by atoms with Crippen LogP contribution in [0.3, 0.4) is 0 Å². The molecule has 2 unspecified atom stereocenters. The molecule has 2 N–H and O–H groups in total. The molecule has 19 heavy (non-hydrogen) atoms. The molecule has 1 fully saturated rings. The van der Waals surface area contributed by atoms with Crippen molar-refractivity contribution in [3.63, 3.8) is 0 Å². The maximum atomic E-state index is 6.20. The molecule has 0 radical (unpaired) electrons. The number of rotatable bonds is 4. The monoisotopic (exact) mass is 266 g/mol. The number of nitrogens with zero attached hydrogens (tertiary/aromatic N) is 1. The highest BCUT2D eigenvalue weighted by Gasteiger charge is 2.30. The number of methoxy groups -OCH3 is 3. The van der Waals surface area contributed by atoms with E-state index in [4.69, 9.17) is 19.9 Å². The predicted molar refractivity (Wildman–Crippen MR) is 74.3 cm³/mol. The minimum atomic E-state index is 0.132. The van der Waals surface area contributed by atoms with Gasteiger partial charge in [-0.05, 0) is 24.7 Å². The first-order chi connectivity index (χ1) is 9.10. The highest BCUT2D eigenvalue weighted by molar-refractivity contribution is 5.54. The van der Waals surface area contributed by atoms with E-state index in [1.54, 1.807) is 21.3 Å². The van der Waals surface area contributed by atoms with Gasteiger partial charge in [-0.1, -0.05) is 0 Å². The lowest BCUT2D eigenvalue weighted by atomic mass is 9.94. The lowest BCUT2D eigenvalue weighted by Crippen LogP contribution is -2.27. The molecule has 1 aliphatic heterocycles. The normalized spacial score (nSPS) is 23.4. The fraction of sp³-hybridized carbons (Fsp3) is 0.571. The van der Waals surface area contributed by atoms with Gasteiger partial charge in [0.05, 0.1) is 21.3 Å². The molecule has 0 aliphatic carbocycles. The Hall–Kier alpha value is -1.46. The van der Waals surface area contributed by atoms with Crippen LogP contribution in [0.15, 0.2) is 12.1 Å². The second-order valence-corrected chi connectivity index (χ2v) is 4.95. The third-order valence-electron chi connectivity index (χ3n) is 3.66. The second-order valence-electron chi connectivity index (χ2n) is 4.95. The molecule has 0 spiro atoms. The maximum Gasteiger partial charge on any atom is 0.203 e.